The molecule has 84 valence electrons. The maximum absolute atomic E-state index is 12.4. The van der Waals surface area contributed by atoms with E-state index in [1.165, 1.54) is 12.3 Å². The standard InChI is InChI=1S/C9H7BF3NO2/c11-9(12,13)5-1-2-6-7(10(15)16)4-14-8(6)3-5/h1-4,14-16H. The van der Waals surface area contributed by atoms with Crippen LogP contribution in [-0.4, -0.2) is 22.2 Å². The molecule has 0 unspecified atom stereocenters. The van der Waals surface area contributed by atoms with Gasteiger partial charge in [0.25, 0.3) is 0 Å². The summed E-state index contributed by atoms with van der Waals surface area (Å²) in [6.07, 6.45) is -3.13. The highest BCUT2D eigenvalue weighted by Crippen LogP contribution is 2.30. The Labute approximate surface area is 88.7 Å². The summed E-state index contributed by atoms with van der Waals surface area (Å²) in [5.74, 6) is 0. The summed E-state index contributed by atoms with van der Waals surface area (Å²) >= 11 is 0. The molecule has 0 radical (unpaired) electrons. The van der Waals surface area contributed by atoms with Crippen molar-refractivity contribution in [2.45, 2.75) is 6.18 Å². The van der Waals surface area contributed by atoms with Crippen molar-refractivity contribution in [3.8, 4) is 0 Å². The van der Waals surface area contributed by atoms with E-state index in [-0.39, 0.29) is 11.0 Å². The molecule has 0 atom stereocenters. The third-order valence-electron chi connectivity index (χ3n) is 2.32. The molecule has 0 aliphatic rings. The number of fused-ring (bicyclic) bond motifs is 1. The molecule has 0 aliphatic heterocycles. The Morgan fingerprint density at radius 3 is 2.44 bits per heavy atom. The number of alkyl halides is 3. The van der Waals surface area contributed by atoms with Crippen molar-refractivity contribution in [1.82, 2.24) is 4.98 Å². The molecule has 3 N–H and O–H groups in total. The van der Waals surface area contributed by atoms with E-state index in [1.807, 2.05) is 0 Å². The summed E-state index contributed by atoms with van der Waals surface area (Å²) in [4.78, 5) is 2.56. The molecular formula is C9H7BF3NO2. The van der Waals surface area contributed by atoms with Gasteiger partial charge in [0.15, 0.2) is 0 Å². The Morgan fingerprint density at radius 1 is 1.19 bits per heavy atom. The molecule has 16 heavy (non-hydrogen) atoms. The summed E-state index contributed by atoms with van der Waals surface area (Å²) in [5.41, 5.74) is -0.400. The second-order valence-corrected chi connectivity index (χ2v) is 3.38. The third-order valence-corrected chi connectivity index (χ3v) is 2.32. The molecule has 0 aliphatic carbocycles. The maximum atomic E-state index is 12.4. The molecule has 7 heteroatoms. The van der Waals surface area contributed by atoms with Gasteiger partial charge in [-0.2, -0.15) is 13.2 Å². The second-order valence-electron chi connectivity index (χ2n) is 3.38. The van der Waals surface area contributed by atoms with Crippen molar-refractivity contribution in [2.24, 2.45) is 0 Å². The Bertz CT molecular complexity index is 521. The van der Waals surface area contributed by atoms with Gasteiger partial charge < -0.3 is 15.0 Å². The largest absolute Gasteiger partial charge is 0.490 e. The fraction of sp³-hybridized carbons (Fsp3) is 0.111. The van der Waals surface area contributed by atoms with E-state index >= 15 is 0 Å². The zero-order chi connectivity index (χ0) is 11.9. The van der Waals surface area contributed by atoms with Gasteiger partial charge in [-0.25, -0.2) is 0 Å². The lowest BCUT2D eigenvalue weighted by molar-refractivity contribution is -0.137. The number of aromatic amines is 1. The Morgan fingerprint density at radius 2 is 1.88 bits per heavy atom. The summed E-state index contributed by atoms with van der Waals surface area (Å²) in [7, 11) is -1.70. The van der Waals surface area contributed by atoms with Crippen molar-refractivity contribution < 1.29 is 23.2 Å². The number of H-pyrrole nitrogens is 1. The van der Waals surface area contributed by atoms with Gasteiger partial charge in [-0.15, -0.1) is 0 Å². The smallest absolute Gasteiger partial charge is 0.423 e. The minimum Gasteiger partial charge on any atom is -0.423 e. The highest BCUT2D eigenvalue weighted by molar-refractivity contribution is 6.62. The average Bonchev–Trinajstić information content (AvgIpc) is 2.58. The zero-order valence-electron chi connectivity index (χ0n) is 7.92. The lowest BCUT2D eigenvalue weighted by Crippen LogP contribution is -2.28. The molecule has 1 heterocycles. The van der Waals surface area contributed by atoms with E-state index in [0.717, 1.165) is 12.1 Å². The lowest BCUT2D eigenvalue weighted by atomic mass is 9.80. The van der Waals surface area contributed by atoms with Gasteiger partial charge in [0.05, 0.1) is 5.56 Å². The van der Waals surface area contributed by atoms with Crippen LogP contribution in [0.2, 0.25) is 0 Å². The van der Waals surface area contributed by atoms with Crippen LogP contribution in [0.3, 0.4) is 0 Å². The molecule has 2 aromatic rings. The molecule has 0 saturated carbocycles. The third kappa shape index (κ3) is 1.79. The first-order valence-corrected chi connectivity index (χ1v) is 4.44. The highest BCUT2D eigenvalue weighted by Gasteiger charge is 2.31. The average molecular weight is 229 g/mol. The number of nitrogens with one attached hydrogen (secondary N) is 1. The number of benzene rings is 1. The first-order valence-electron chi connectivity index (χ1n) is 4.44. The fourth-order valence-electron chi connectivity index (χ4n) is 1.54. The van der Waals surface area contributed by atoms with E-state index in [1.54, 1.807) is 0 Å². The zero-order valence-corrected chi connectivity index (χ0v) is 7.92. The second kappa shape index (κ2) is 3.53. The molecular weight excluding hydrogens is 222 g/mol. The summed E-state index contributed by atoms with van der Waals surface area (Å²) in [6.45, 7) is 0. The summed E-state index contributed by atoms with van der Waals surface area (Å²) < 4.78 is 37.1. The van der Waals surface area contributed by atoms with Gasteiger partial charge in [-0.1, -0.05) is 6.07 Å². The number of aromatic nitrogens is 1. The molecule has 0 amide bonds. The van der Waals surface area contributed by atoms with E-state index < -0.39 is 18.9 Å². The van der Waals surface area contributed by atoms with E-state index in [9.17, 15) is 13.2 Å². The molecule has 1 aromatic heterocycles. The molecule has 2 rings (SSSR count). The van der Waals surface area contributed by atoms with Crippen LogP contribution in [0.1, 0.15) is 5.56 Å². The van der Waals surface area contributed by atoms with E-state index in [0.29, 0.717) is 5.39 Å². The van der Waals surface area contributed by atoms with Crippen molar-refractivity contribution >= 4 is 23.5 Å². The predicted molar refractivity (Wildman–Crippen MR) is 53.1 cm³/mol. The van der Waals surface area contributed by atoms with Crippen LogP contribution in [0.25, 0.3) is 10.9 Å². The molecule has 0 spiro atoms. The van der Waals surface area contributed by atoms with Crippen molar-refractivity contribution in [3.63, 3.8) is 0 Å². The van der Waals surface area contributed by atoms with Crippen LogP contribution in [0.15, 0.2) is 24.4 Å². The van der Waals surface area contributed by atoms with Gasteiger partial charge >= 0.3 is 13.3 Å². The Balaban J connectivity index is 2.58. The minimum atomic E-state index is -4.41. The summed E-state index contributed by atoms with van der Waals surface area (Å²) in [6, 6.07) is 3.05. The monoisotopic (exact) mass is 229 g/mol. The first-order chi connectivity index (χ1) is 7.39. The molecule has 0 saturated heterocycles. The van der Waals surface area contributed by atoms with Crippen molar-refractivity contribution in [1.29, 1.82) is 0 Å². The van der Waals surface area contributed by atoms with Gasteiger partial charge in [0.1, 0.15) is 0 Å². The molecule has 0 fully saturated rings. The van der Waals surface area contributed by atoms with Crippen LogP contribution in [0.4, 0.5) is 13.2 Å². The first kappa shape index (κ1) is 11.0. The number of halogens is 3. The van der Waals surface area contributed by atoms with E-state index in [4.69, 9.17) is 10.0 Å². The summed E-state index contributed by atoms with van der Waals surface area (Å²) in [5, 5.41) is 18.3. The van der Waals surface area contributed by atoms with Gasteiger partial charge in [0.2, 0.25) is 0 Å². The number of hydrogen-bond acceptors (Lipinski definition) is 2. The molecule has 3 nitrogen and oxygen atoms in total. The van der Waals surface area contributed by atoms with Gasteiger partial charge in [0, 0.05) is 17.2 Å². The van der Waals surface area contributed by atoms with Gasteiger partial charge in [-0.3, -0.25) is 0 Å². The van der Waals surface area contributed by atoms with Gasteiger partial charge in [-0.05, 0) is 17.5 Å². The minimum absolute atomic E-state index is 0.156. The van der Waals surface area contributed by atoms with Crippen LogP contribution in [0.5, 0.6) is 0 Å². The SMILES string of the molecule is OB(O)c1c[nH]c2cc(C(F)(F)F)ccc12. The fourth-order valence-corrected chi connectivity index (χ4v) is 1.54. The quantitative estimate of drug-likeness (QED) is 0.635. The highest BCUT2D eigenvalue weighted by atomic mass is 19.4. The van der Waals surface area contributed by atoms with E-state index in [2.05, 4.69) is 4.98 Å². The number of hydrogen-bond donors (Lipinski definition) is 3. The van der Waals surface area contributed by atoms with Crippen molar-refractivity contribution in [3.05, 3.63) is 30.0 Å². The normalized spacial score (nSPS) is 12.1. The van der Waals surface area contributed by atoms with Crippen LogP contribution < -0.4 is 5.46 Å². The Kier molecular flexibility index (Phi) is 2.44. The van der Waals surface area contributed by atoms with Crippen LogP contribution in [-0.2, 0) is 6.18 Å². The number of rotatable bonds is 1. The maximum Gasteiger partial charge on any atom is 0.490 e. The molecule has 1 aromatic carbocycles. The van der Waals surface area contributed by atoms with Crippen LogP contribution >= 0.6 is 0 Å². The topological polar surface area (TPSA) is 56.2 Å². The Hall–Kier alpha value is -1.47. The lowest BCUT2D eigenvalue weighted by Gasteiger charge is -2.06. The predicted octanol–water partition coefficient (Wildman–Crippen LogP) is 0.866. The van der Waals surface area contributed by atoms with Crippen LogP contribution in [0, 0.1) is 0 Å². The van der Waals surface area contributed by atoms with Crippen molar-refractivity contribution in [2.75, 3.05) is 0 Å². The molecule has 0 bridgehead atoms.